The lowest BCUT2D eigenvalue weighted by molar-refractivity contribution is -0.144. The molecule has 2 fully saturated rings. The summed E-state index contributed by atoms with van der Waals surface area (Å²) in [5, 5.41) is 2.80. The van der Waals surface area contributed by atoms with E-state index in [1.807, 2.05) is 0 Å². The van der Waals surface area contributed by atoms with Gasteiger partial charge in [-0.2, -0.15) is 0 Å². The lowest BCUT2D eigenvalue weighted by Crippen LogP contribution is -2.56. The highest BCUT2D eigenvalue weighted by molar-refractivity contribution is 5.91. The monoisotopic (exact) mass is 264 g/mol. The van der Waals surface area contributed by atoms with E-state index in [0.29, 0.717) is 19.0 Å². The van der Waals surface area contributed by atoms with Crippen molar-refractivity contribution in [2.24, 2.45) is 17.3 Å². The van der Waals surface area contributed by atoms with Crippen LogP contribution in [0.5, 0.6) is 0 Å². The van der Waals surface area contributed by atoms with E-state index < -0.39 is 0 Å². The van der Waals surface area contributed by atoms with Crippen LogP contribution in [0, 0.1) is 17.3 Å². The molecule has 3 atom stereocenters. The van der Waals surface area contributed by atoms with Crippen LogP contribution >= 0.6 is 0 Å². The smallest absolute Gasteiger partial charge is 0.242 e. The molecule has 0 radical (unpaired) electrons. The van der Waals surface area contributed by atoms with E-state index in [4.69, 9.17) is 0 Å². The molecule has 1 N–H and O–H groups in total. The van der Waals surface area contributed by atoms with Gasteiger partial charge in [0.15, 0.2) is 0 Å². The normalized spacial score (nSPS) is 32.6. The van der Waals surface area contributed by atoms with Crippen LogP contribution in [0.2, 0.25) is 0 Å². The molecule has 19 heavy (non-hydrogen) atoms. The zero-order valence-electron chi connectivity index (χ0n) is 12.5. The summed E-state index contributed by atoms with van der Waals surface area (Å²) in [6, 6.07) is -0.343. The van der Waals surface area contributed by atoms with Gasteiger partial charge in [-0.1, -0.05) is 25.5 Å². The van der Waals surface area contributed by atoms with Crippen LogP contribution in [0.3, 0.4) is 0 Å². The molecule has 0 unspecified atom stereocenters. The highest BCUT2D eigenvalue weighted by atomic mass is 16.2. The molecule has 4 nitrogen and oxygen atoms in total. The molecule has 1 aliphatic heterocycles. The van der Waals surface area contributed by atoms with Gasteiger partial charge in [0.1, 0.15) is 6.04 Å². The summed E-state index contributed by atoms with van der Waals surface area (Å²) >= 11 is 0. The maximum absolute atomic E-state index is 12.6. The lowest BCUT2D eigenvalue weighted by atomic mass is 10.1. The molecule has 0 bridgehead atoms. The van der Waals surface area contributed by atoms with Gasteiger partial charge in [-0.15, -0.1) is 0 Å². The van der Waals surface area contributed by atoms with Gasteiger partial charge in [0.05, 0.1) is 5.92 Å². The van der Waals surface area contributed by atoms with Crippen molar-refractivity contribution in [2.75, 3.05) is 13.1 Å². The molecule has 1 saturated heterocycles. The minimum absolute atomic E-state index is 0.0159. The molecule has 2 aliphatic rings. The molecular formula is C15H24N2O2. The SMILES string of the molecule is CC(C)=C[C@@H]1[C@@H](C(=O)N2CCNC(=O)[C@@H]2C)C1(C)C. The summed E-state index contributed by atoms with van der Waals surface area (Å²) in [5.41, 5.74) is 1.26. The Hall–Kier alpha value is -1.32. The Morgan fingerprint density at radius 3 is 2.63 bits per heavy atom. The molecule has 1 saturated carbocycles. The van der Waals surface area contributed by atoms with E-state index in [9.17, 15) is 9.59 Å². The summed E-state index contributed by atoms with van der Waals surface area (Å²) in [5.74, 6) is 0.421. The first kappa shape index (κ1) is 14.1. The van der Waals surface area contributed by atoms with Crippen LogP contribution < -0.4 is 5.32 Å². The summed E-state index contributed by atoms with van der Waals surface area (Å²) in [4.78, 5) is 26.0. The van der Waals surface area contributed by atoms with E-state index in [1.54, 1.807) is 11.8 Å². The summed E-state index contributed by atoms with van der Waals surface area (Å²) in [6.45, 7) is 11.4. The average Bonchev–Trinajstić information content (AvgIpc) is 2.82. The quantitative estimate of drug-likeness (QED) is 0.770. The zero-order valence-corrected chi connectivity index (χ0v) is 12.5. The second kappa shape index (κ2) is 4.66. The van der Waals surface area contributed by atoms with Crippen molar-refractivity contribution < 1.29 is 9.59 Å². The van der Waals surface area contributed by atoms with Crippen LogP contribution in [-0.4, -0.2) is 35.8 Å². The number of nitrogens with zero attached hydrogens (tertiary/aromatic N) is 1. The van der Waals surface area contributed by atoms with Gasteiger partial charge in [-0.3, -0.25) is 9.59 Å². The Kier molecular flexibility index (Phi) is 3.45. The highest BCUT2D eigenvalue weighted by Crippen LogP contribution is 2.60. The number of amides is 2. The van der Waals surface area contributed by atoms with Gasteiger partial charge in [-0.25, -0.2) is 0 Å². The minimum atomic E-state index is -0.343. The highest BCUT2D eigenvalue weighted by Gasteiger charge is 2.61. The van der Waals surface area contributed by atoms with E-state index in [2.05, 4.69) is 39.1 Å². The van der Waals surface area contributed by atoms with Crippen molar-refractivity contribution in [3.05, 3.63) is 11.6 Å². The topological polar surface area (TPSA) is 49.4 Å². The predicted octanol–water partition coefficient (Wildman–Crippen LogP) is 1.57. The number of piperazine rings is 1. The molecule has 0 aromatic carbocycles. The Morgan fingerprint density at radius 2 is 2.05 bits per heavy atom. The van der Waals surface area contributed by atoms with Crippen LogP contribution in [0.1, 0.15) is 34.6 Å². The number of allylic oxidation sites excluding steroid dienone is 2. The van der Waals surface area contributed by atoms with Gasteiger partial charge in [0.2, 0.25) is 11.8 Å². The van der Waals surface area contributed by atoms with E-state index >= 15 is 0 Å². The van der Waals surface area contributed by atoms with E-state index in [0.717, 1.165) is 0 Å². The Morgan fingerprint density at radius 1 is 1.42 bits per heavy atom. The first-order valence-electron chi connectivity index (χ1n) is 7.00. The van der Waals surface area contributed by atoms with Crippen molar-refractivity contribution in [3.63, 3.8) is 0 Å². The van der Waals surface area contributed by atoms with Gasteiger partial charge >= 0.3 is 0 Å². The Labute approximate surface area is 115 Å². The molecule has 2 rings (SSSR count). The van der Waals surface area contributed by atoms with Crippen LogP contribution in [-0.2, 0) is 9.59 Å². The van der Waals surface area contributed by atoms with Gasteiger partial charge < -0.3 is 10.2 Å². The minimum Gasteiger partial charge on any atom is -0.353 e. The molecule has 1 aliphatic carbocycles. The molecule has 0 aromatic heterocycles. The second-order valence-corrected chi connectivity index (χ2v) is 6.57. The summed E-state index contributed by atoms with van der Waals surface area (Å²) in [6.07, 6.45) is 2.19. The average molecular weight is 264 g/mol. The van der Waals surface area contributed by atoms with Crippen molar-refractivity contribution >= 4 is 11.8 Å². The van der Waals surface area contributed by atoms with Crippen molar-refractivity contribution in [2.45, 2.75) is 40.7 Å². The van der Waals surface area contributed by atoms with Gasteiger partial charge in [0, 0.05) is 13.1 Å². The van der Waals surface area contributed by atoms with Gasteiger partial charge in [-0.05, 0) is 32.1 Å². The van der Waals surface area contributed by atoms with Crippen LogP contribution in [0.15, 0.2) is 11.6 Å². The maximum Gasteiger partial charge on any atom is 0.242 e. The maximum atomic E-state index is 12.6. The lowest BCUT2D eigenvalue weighted by Gasteiger charge is -2.33. The van der Waals surface area contributed by atoms with E-state index in [-0.39, 0.29) is 29.2 Å². The number of hydrogen-bond donors (Lipinski definition) is 1. The van der Waals surface area contributed by atoms with Gasteiger partial charge in [0.25, 0.3) is 0 Å². The summed E-state index contributed by atoms with van der Waals surface area (Å²) < 4.78 is 0. The third-order valence-electron chi connectivity index (χ3n) is 4.47. The fourth-order valence-corrected chi connectivity index (χ4v) is 3.08. The van der Waals surface area contributed by atoms with Crippen molar-refractivity contribution in [1.82, 2.24) is 10.2 Å². The number of hydrogen-bond acceptors (Lipinski definition) is 2. The Bertz CT molecular complexity index is 435. The van der Waals surface area contributed by atoms with Crippen LogP contribution in [0.4, 0.5) is 0 Å². The molecule has 4 heteroatoms. The third-order valence-corrected chi connectivity index (χ3v) is 4.47. The molecular weight excluding hydrogens is 240 g/mol. The molecule has 2 amide bonds. The first-order valence-corrected chi connectivity index (χ1v) is 7.00. The van der Waals surface area contributed by atoms with E-state index in [1.165, 1.54) is 5.57 Å². The molecule has 0 aromatic rings. The fourth-order valence-electron chi connectivity index (χ4n) is 3.08. The Balaban J connectivity index is 2.13. The second-order valence-electron chi connectivity index (χ2n) is 6.57. The number of rotatable bonds is 2. The van der Waals surface area contributed by atoms with Crippen molar-refractivity contribution in [1.29, 1.82) is 0 Å². The summed E-state index contributed by atoms with van der Waals surface area (Å²) in [7, 11) is 0. The largest absolute Gasteiger partial charge is 0.353 e. The predicted molar refractivity (Wildman–Crippen MR) is 74.4 cm³/mol. The molecule has 0 spiro atoms. The fraction of sp³-hybridized carbons (Fsp3) is 0.733. The standard InChI is InChI=1S/C15H24N2O2/c1-9(2)8-11-12(15(11,4)5)14(19)17-7-6-16-13(18)10(17)3/h8,10-12H,6-7H2,1-5H3,(H,16,18)/t10-,11+,12-/m0/s1. The molecule has 106 valence electrons. The molecule has 1 heterocycles. The van der Waals surface area contributed by atoms with Crippen molar-refractivity contribution in [3.8, 4) is 0 Å². The third kappa shape index (κ3) is 2.40. The zero-order chi connectivity index (χ0) is 14.4. The number of carbonyl (C=O) groups is 2. The van der Waals surface area contributed by atoms with Crippen LogP contribution in [0.25, 0.3) is 0 Å². The number of carbonyl (C=O) groups excluding carboxylic acids is 2. The first-order chi connectivity index (χ1) is 8.76. The number of nitrogens with one attached hydrogen (secondary N) is 1.